The summed E-state index contributed by atoms with van der Waals surface area (Å²) in [6.45, 7) is 7.78. The number of halogens is 1. The molecule has 0 bridgehead atoms. The Morgan fingerprint density at radius 3 is 2.39 bits per heavy atom. The molecule has 2 saturated heterocycles. The molecule has 0 radical (unpaired) electrons. The van der Waals surface area contributed by atoms with Crippen molar-refractivity contribution in [2.24, 2.45) is 11.8 Å². The van der Waals surface area contributed by atoms with Crippen molar-refractivity contribution in [1.29, 1.82) is 0 Å². The van der Waals surface area contributed by atoms with Gasteiger partial charge in [0.2, 0.25) is 0 Å². The average molecular weight is 411 g/mol. The molecule has 2 heterocycles. The van der Waals surface area contributed by atoms with Gasteiger partial charge in [-0.15, -0.1) is 12.4 Å². The summed E-state index contributed by atoms with van der Waals surface area (Å²) in [6, 6.07) is 5.14. The van der Waals surface area contributed by atoms with Crippen LogP contribution in [0.5, 0.6) is 0 Å². The lowest BCUT2D eigenvalue weighted by Crippen LogP contribution is -2.44. The standard InChI is InChI=1S/C20H30N4O3.ClH/c1-14-10-15(2)13-23(12-14)18-5-4-16(11-19(18)24(26)27)20(25)22(3)17-6-8-21-9-7-17;/h4-5,11,14-15,17,21H,6-10,12-13H2,1-3H3;1H. The highest BCUT2D eigenvalue weighted by molar-refractivity contribution is 5.96. The van der Waals surface area contributed by atoms with Gasteiger partial charge in [0, 0.05) is 37.8 Å². The zero-order valence-corrected chi connectivity index (χ0v) is 17.7. The Labute approximate surface area is 173 Å². The summed E-state index contributed by atoms with van der Waals surface area (Å²) in [7, 11) is 1.80. The number of nitro benzene ring substituents is 1. The van der Waals surface area contributed by atoms with Crippen molar-refractivity contribution in [3.63, 3.8) is 0 Å². The van der Waals surface area contributed by atoms with Gasteiger partial charge in [-0.3, -0.25) is 14.9 Å². The van der Waals surface area contributed by atoms with Gasteiger partial charge in [0.25, 0.3) is 11.6 Å². The maximum atomic E-state index is 12.9. The zero-order chi connectivity index (χ0) is 19.6. The van der Waals surface area contributed by atoms with Gasteiger partial charge in [-0.1, -0.05) is 13.8 Å². The average Bonchev–Trinajstić information content (AvgIpc) is 2.66. The predicted octanol–water partition coefficient (Wildman–Crippen LogP) is 3.32. The molecule has 2 fully saturated rings. The number of carbonyl (C=O) groups is 1. The summed E-state index contributed by atoms with van der Waals surface area (Å²) >= 11 is 0. The quantitative estimate of drug-likeness (QED) is 0.608. The van der Waals surface area contributed by atoms with Crippen molar-refractivity contribution in [3.8, 4) is 0 Å². The van der Waals surface area contributed by atoms with E-state index in [1.54, 1.807) is 24.1 Å². The maximum absolute atomic E-state index is 12.9. The van der Waals surface area contributed by atoms with Gasteiger partial charge in [-0.05, 0) is 56.3 Å². The molecular formula is C20H31ClN4O3. The van der Waals surface area contributed by atoms with E-state index >= 15 is 0 Å². The van der Waals surface area contributed by atoms with E-state index in [4.69, 9.17) is 0 Å². The highest BCUT2D eigenvalue weighted by Crippen LogP contribution is 2.34. The molecule has 0 aromatic heterocycles. The van der Waals surface area contributed by atoms with Gasteiger partial charge in [0.1, 0.15) is 5.69 Å². The molecule has 0 spiro atoms. The maximum Gasteiger partial charge on any atom is 0.293 e. The fraction of sp³-hybridized carbons (Fsp3) is 0.650. The molecule has 2 unspecified atom stereocenters. The van der Waals surface area contributed by atoms with Crippen LogP contribution >= 0.6 is 12.4 Å². The van der Waals surface area contributed by atoms with Crippen LogP contribution in [0.4, 0.5) is 11.4 Å². The first-order valence-corrected chi connectivity index (χ1v) is 9.88. The fourth-order valence-corrected chi connectivity index (χ4v) is 4.49. The molecule has 2 aliphatic rings. The van der Waals surface area contributed by atoms with E-state index in [9.17, 15) is 14.9 Å². The van der Waals surface area contributed by atoms with Crippen molar-refractivity contribution in [2.45, 2.75) is 39.2 Å². The Kier molecular flexibility index (Phi) is 7.66. The Bertz CT molecular complexity index is 699. The lowest BCUT2D eigenvalue weighted by atomic mass is 9.91. The molecule has 2 atom stereocenters. The summed E-state index contributed by atoms with van der Waals surface area (Å²) < 4.78 is 0. The number of nitro groups is 1. The third-order valence-corrected chi connectivity index (χ3v) is 5.81. The third kappa shape index (κ3) is 4.94. The summed E-state index contributed by atoms with van der Waals surface area (Å²) in [5.74, 6) is 0.860. The molecule has 7 nitrogen and oxygen atoms in total. The van der Waals surface area contributed by atoms with Crippen LogP contribution in [0.3, 0.4) is 0 Å². The molecule has 8 heteroatoms. The summed E-state index contributed by atoms with van der Waals surface area (Å²) in [4.78, 5) is 28.1. The number of benzene rings is 1. The van der Waals surface area contributed by atoms with Crippen LogP contribution in [0.15, 0.2) is 18.2 Å². The summed E-state index contributed by atoms with van der Waals surface area (Å²) in [5, 5.41) is 15.0. The van der Waals surface area contributed by atoms with Gasteiger partial charge in [0.05, 0.1) is 4.92 Å². The molecule has 0 saturated carbocycles. The SMILES string of the molecule is CC1CC(C)CN(c2ccc(C(=O)N(C)C3CCNCC3)cc2[N+](=O)[O-])C1.Cl. The Hall–Kier alpha value is -1.86. The van der Waals surface area contributed by atoms with Crippen molar-refractivity contribution >= 4 is 29.7 Å². The van der Waals surface area contributed by atoms with Crippen LogP contribution in [0.2, 0.25) is 0 Å². The van der Waals surface area contributed by atoms with Gasteiger partial charge < -0.3 is 15.1 Å². The van der Waals surface area contributed by atoms with Gasteiger partial charge >= 0.3 is 0 Å². The van der Waals surface area contributed by atoms with E-state index in [-0.39, 0.29) is 35.0 Å². The Morgan fingerprint density at radius 2 is 1.82 bits per heavy atom. The van der Waals surface area contributed by atoms with Crippen LogP contribution < -0.4 is 10.2 Å². The lowest BCUT2D eigenvalue weighted by Gasteiger charge is -2.36. The predicted molar refractivity (Wildman–Crippen MR) is 113 cm³/mol. The van der Waals surface area contributed by atoms with Crippen LogP contribution in [0.25, 0.3) is 0 Å². The highest BCUT2D eigenvalue weighted by atomic mass is 35.5. The van der Waals surface area contributed by atoms with E-state index in [0.717, 1.165) is 45.4 Å². The Morgan fingerprint density at radius 1 is 1.21 bits per heavy atom. The first-order chi connectivity index (χ1) is 12.9. The monoisotopic (exact) mass is 410 g/mol. The molecule has 156 valence electrons. The molecule has 0 aliphatic carbocycles. The molecule has 28 heavy (non-hydrogen) atoms. The number of amides is 1. The molecular weight excluding hydrogens is 380 g/mol. The molecule has 1 aromatic carbocycles. The first-order valence-electron chi connectivity index (χ1n) is 9.88. The second-order valence-electron chi connectivity index (χ2n) is 8.21. The number of nitrogens with one attached hydrogen (secondary N) is 1. The van der Waals surface area contributed by atoms with E-state index in [1.165, 1.54) is 6.07 Å². The van der Waals surface area contributed by atoms with Crippen molar-refractivity contribution in [1.82, 2.24) is 10.2 Å². The third-order valence-electron chi connectivity index (χ3n) is 5.81. The fourth-order valence-electron chi connectivity index (χ4n) is 4.49. The molecule has 2 aliphatic heterocycles. The molecule has 1 aromatic rings. The number of anilines is 1. The van der Waals surface area contributed by atoms with Crippen LogP contribution in [0, 0.1) is 22.0 Å². The summed E-state index contributed by atoms with van der Waals surface area (Å²) in [6.07, 6.45) is 2.96. The van der Waals surface area contributed by atoms with E-state index in [0.29, 0.717) is 23.1 Å². The number of piperidine rings is 2. The summed E-state index contributed by atoms with van der Waals surface area (Å²) in [5.41, 5.74) is 1.05. The second-order valence-corrected chi connectivity index (χ2v) is 8.21. The second kappa shape index (κ2) is 9.56. The molecule has 1 N–H and O–H groups in total. The van der Waals surface area contributed by atoms with Crippen LogP contribution in [-0.2, 0) is 0 Å². The largest absolute Gasteiger partial charge is 0.365 e. The van der Waals surface area contributed by atoms with E-state index in [2.05, 4.69) is 24.1 Å². The van der Waals surface area contributed by atoms with E-state index in [1.807, 2.05) is 0 Å². The molecule has 3 rings (SSSR count). The van der Waals surface area contributed by atoms with Crippen LogP contribution in [-0.4, -0.2) is 55.0 Å². The molecule has 1 amide bonds. The number of carbonyl (C=O) groups excluding carboxylic acids is 1. The number of rotatable bonds is 4. The minimum atomic E-state index is -0.361. The smallest absolute Gasteiger partial charge is 0.293 e. The number of hydrogen-bond donors (Lipinski definition) is 1. The van der Waals surface area contributed by atoms with Gasteiger partial charge in [-0.25, -0.2) is 0 Å². The highest BCUT2D eigenvalue weighted by Gasteiger charge is 2.29. The van der Waals surface area contributed by atoms with Crippen LogP contribution in [0.1, 0.15) is 43.5 Å². The zero-order valence-electron chi connectivity index (χ0n) is 16.9. The minimum absolute atomic E-state index is 0. The Balaban J connectivity index is 0.00000280. The van der Waals surface area contributed by atoms with Crippen molar-refractivity contribution in [2.75, 3.05) is 38.1 Å². The van der Waals surface area contributed by atoms with Crippen molar-refractivity contribution < 1.29 is 9.72 Å². The number of nitrogens with zero attached hydrogens (tertiary/aromatic N) is 3. The normalized spacial score (nSPS) is 23.0. The van der Waals surface area contributed by atoms with Gasteiger partial charge in [0.15, 0.2) is 0 Å². The lowest BCUT2D eigenvalue weighted by molar-refractivity contribution is -0.384. The minimum Gasteiger partial charge on any atom is -0.365 e. The van der Waals surface area contributed by atoms with E-state index < -0.39 is 0 Å². The van der Waals surface area contributed by atoms with Gasteiger partial charge in [-0.2, -0.15) is 0 Å². The van der Waals surface area contributed by atoms with Crippen molar-refractivity contribution in [3.05, 3.63) is 33.9 Å². The topological polar surface area (TPSA) is 78.7 Å². The first kappa shape index (κ1) is 22.4. The number of hydrogen-bond acceptors (Lipinski definition) is 5.